The molecule has 1 rings (SSSR count). The fraction of sp³-hybridized carbons (Fsp3) is 0.273. The van der Waals surface area contributed by atoms with Gasteiger partial charge >= 0.3 is 5.97 Å². The van der Waals surface area contributed by atoms with Gasteiger partial charge < -0.3 is 10.1 Å². The largest absolute Gasteiger partial charge is 0.467 e. The maximum Gasteiger partial charge on any atom is 0.328 e. The van der Waals surface area contributed by atoms with Gasteiger partial charge in [0.1, 0.15) is 11.9 Å². The number of carbonyl (C=O) groups is 2. The summed E-state index contributed by atoms with van der Waals surface area (Å²) in [6, 6.07) is 3.30. The predicted octanol–water partition coefficient (Wildman–Crippen LogP) is 1.88. The first-order valence-corrected chi connectivity index (χ1v) is 5.59. The van der Waals surface area contributed by atoms with Crippen LogP contribution in [0.2, 0.25) is 0 Å². The minimum Gasteiger partial charge on any atom is -0.467 e. The second-order valence-electron chi connectivity index (χ2n) is 3.32. The molecule has 0 saturated carbocycles. The van der Waals surface area contributed by atoms with Gasteiger partial charge in [0.2, 0.25) is 0 Å². The second kappa shape index (κ2) is 5.77. The molecule has 0 saturated heterocycles. The number of hydrogen-bond donors (Lipinski definition) is 1. The lowest BCUT2D eigenvalue weighted by Crippen LogP contribution is -2.39. The van der Waals surface area contributed by atoms with E-state index in [4.69, 9.17) is 0 Å². The van der Waals surface area contributed by atoms with Gasteiger partial charge in [-0.1, -0.05) is 6.07 Å². The molecule has 0 aromatic heterocycles. The number of esters is 1. The van der Waals surface area contributed by atoms with E-state index in [0.29, 0.717) is 0 Å². The Kier molecular flexibility index (Phi) is 4.62. The minimum absolute atomic E-state index is 0.0644. The molecule has 0 aliphatic carbocycles. The quantitative estimate of drug-likeness (QED) is 0.868. The number of methoxy groups -OCH3 is 1. The number of hydrogen-bond acceptors (Lipinski definition) is 3. The highest BCUT2D eigenvalue weighted by molar-refractivity contribution is 9.10. The molecule has 0 bridgehead atoms. The standard InChI is InChI=1S/C11H11BrFNO3/c1-6(11(16)17-2)14-10(15)7-4-3-5-8(13)9(7)12/h3-6H,1-2H3,(H,14,15)/t6-/m0/s1. The molecule has 92 valence electrons. The van der Waals surface area contributed by atoms with Gasteiger partial charge in [-0.15, -0.1) is 0 Å². The Morgan fingerprint density at radius 1 is 1.47 bits per heavy atom. The van der Waals surface area contributed by atoms with Gasteiger partial charge in [0.05, 0.1) is 17.1 Å². The van der Waals surface area contributed by atoms with Crippen LogP contribution in [0.5, 0.6) is 0 Å². The van der Waals surface area contributed by atoms with Crippen molar-refractivity contribution >= 4 is 27.8 Å². The van der Waals surface area contributed by atoms with E-state index in [1.807, 2.05) is 0 Å². The average Bonchev–Trinajstić information content (AvgIpc) is 2.31. The summed E-state index contributed by atoms with van der Waals surface area (Å²) in [5.74, 6) is -1.65. The summed E-state index contributed by atoms with van der Waals surface area (Å²) in [6.07, 6.45) is 0. The van der Waals surface area contributed by atoms with Crippen LogP contribution in [0.4, 0.5) is 4.39 Å². The highest BCUT2D eigenvalue weighted by Gasteiger charge is 2.19. The van der Waals surface area contributed by atoms with Crippen molar-refractivity contribution in [1.29, 1.82) is 0 Å². The van der Waals surface area contributed by atoms with E-state index in [9.17, 15) is 14.0 Å². The number of halogens is 2. The summed E-state index contributed by atoms with van der Waals surface area (Å²) in [5, 5.41) is 2.40. The van der Waals surface area contributed by atoms with E-state index in [2.05, 4.69) is 26.0 Å². The number of benzene rings is 1. The Hall–Kier alpha value is -1.43. The SMILES string of the molecule is COC(=O)[C@H](C)NC(=O)c1cccc(F)c1Br. The van der Waals surface area contributed by atoms with Gasteiger partial charge in [0, 0.05) is 0 Å². The van der Waals surface area contributed by atoms with Gasteiger partial charge in [-0.25, -0.2) is 9.18 Å². The van der Waals surface area contributed by atoms with Crippen molar-refractivity contribution in [2.45, 2.75) is 13.0 Å². The van der Waals surface area contributed by atoms with Crippen LogP contribution in [-0.2, 0) is 9.53 Å². The van der Waals surface area contributed by atoms with E-state index in [1.165, 1.54) is 32.2 Å². The van der Waals surface area contributed by atoms with E-state index in [1.54, 1.807) is 0 Å². The molecule has 4 nitrogen and oxygen atoms in total. The first kappa shape index (κ1) is 13.6. The summed E-state index contributed by atoms with van der Waals surface area (Å²) >= 11 is 2.97. The average molecular weight is 304 g/mol. The molecule has 0 aliphatic heterocycles. The highest BCUT2D eigenvalue weighted by Crippen LogP contribution is 2.20. The molecule has 1 aromatic rings. The second-order valence-corrected chi connectivity index (χ2v) is 4.11. The number of ether oxygens (including phenoxy) is 1. The maximum absolute atomic E-state index is 13.2. The molecule has 1 atom stereocenters. The molecule has 0 spiro atoms. The Balaban J connectivity index is 2.84. The van der Waals surface area contributed by atoms with Crippen LogP contribution in [0.3, 0.4) is 0 Å². The molecule has 0 aliphatic rings. The lowest BCUT2D eigenvalue weighted by molar-refractivity contribution is -0.142. The number of nitrogens with one attached hydrogen (secondary N) is 1. The molecule has 17 heavy (non-hydrogen) atoms. The minimum atomic E-state index is -0.789. The van der Waals surface area contributed by atoms with Crippen LogP contribution in [0.15, 0.2) is 22.7 Å². The number of carbonyl (C=O) groups excluding carboxylic acids is 2. The third kappa shape index (κ3) is 3.26. The van der Waals surface area contributed by atoms with E-state index in [-0.39, 0.29) is 10.0 Å². The third-order valence-electron chi connectivity index (χ3n) is 2.10. The fourth-order valence-corrected chi connectivity index (χ4v) is 1.63. The normalized spacial score (nSPS) is 11.8. The lowest BCUT2D eigenvalue weighted by Gasteiger charge is -2.12. The molecule has 1 N–H and O–H groups in total. The maximum atomic E-state index is 13.2. The van der Waals surface area contributed by atoms with Crippen LogP contribution < -0.4 is 5.32 Å². The number of rotatable bonds is 3. The fourth-order valence-electron chi connectivity index (χ4n) is 1.19. The molecule has 0 radical (unpaired) electrons. The van der Waals surface area contributed by atoms with Gasteiger partial charge in [-0.2, -0.15) is 0 Å². The summed E-state index contributed by atoms with van der Waals surface area (Å²) < 4.78 is 17.7. The molecule has 0 heterocycles. The summed E-state index contributed by atoms with van der Waals surface area (Å²) in [7, 11) is 1.23. The highest BCUT2D eigenvalue weighted by atomic mass is 79.9. The van der Waals surface area contributed by atoms with Crippen molar-refractivity contribution in [1.82, 2.24) is 5.32 Å². The molecule has 1 amide bonds. The Labute approximate surface area is 106 Å². The van der Waals surface area contributed by atoms with Crippen LogP contribution >= 0.6 is 15.9 Å². The van der Waals surface area contributed by atoms with Gasteiger partial charge in [0.15, 0.2) is 0 Å². The van der Waals surface area contributed by atoms with Crippen LogP contribution in [0.25, 0.3) is 0 Å². The zero-order valence-corrected chi connectivity index (χ0v) is 10.9. The Bertz CT molecular complexity index is 450. The third-order valence-corrected chi connectivity index (χ3v) is 2.90. The number of amides is 1. The van der Waals surface area contributed by atoms with Crippen LogP contribution in [-0.4, -0.2) is 25.0 Å². The predicted molar refractivity (Wildman–Crippen MR) is 63.0 cm³/mol. The van der Waals surface area contributed by atoms with Gasteiger partial charge in [-0.05, 0) is 35.0 Å². The van der Waals surface area contributed by atoms with Gasteiger partial charge in [-0.3, -0.25) is 4.79 Å². The summed E-state index contributed by atoms with van der Waals surface area (Å²) in [5.41, 5.74) is 0.126. The molecular formula is C11H11BrFNO3. The molecule has 6 heteroatoms. The lowest BCUT2D eigenvalue weighted by atomic mass is 10.2. The van der Waals surface area contributed by atoms with Crippen molar-refractivity contribution in [2.24, 2.45) is 0 Å². The van der Waals surface area contributed by atoms with E-state index in [0.717, 1.165) is 0 Å². The Morgan fingerprint density at radius 3 is 2.71 bits per heavy atom. The van der Waals surface area contributed by atoms with Gasteiger partial charge in [0.25, 0.3) is 5.91 Å². The van der Waals surface area contributed by atoms with Crippen molar-refractivity contribution < 1.29 is 18.7 Å². The van der Waals surface area contributed by atoms with E-state index >= 15 is 0 Å². The van der Waals surface area contributed by atoms with Crippen molar-refractivity contribution in [3.05, 3.63) is 34.1 Å². The van der Waals surface area contributed by atoms with Crippen molar-refractivity contribution in [3.8, 4) is 0 Å². The first-order chi connectivity index (χ1) is 7.97. The van der Waals surface area contributed by atoms with E-state index < -0.39 is 23.7 Å². The molecular weight excluding hydrogens is 293 g/mol. The Morgan fingerprint density at radius 2 is 2.12 bits per heavy atom. The zero-order valence-electron chi connectivity index (χ0n) is 9.29. The molecule has 1 aromatic carbocycles. The molecule has 0 unspecified atom stereocenters. The van der Waals surface area contributed by atoms with Crippen molar-refractivity contribution in [3.63, 3.8) is 0 Å². The monoisotopic (exact) mass is 303 g/mol. The summed E-state index contributed by atoms with van der Waals surface area (Å²) in [4.78, 5) is 22.8. The first-order valence-electron chi connectivity index (χ1n) is 4.80. The van der Waals surface area contributed by atoms with Crippen molar-refractivity contribution in [2.75, 3.05) is 7.11 Å². The molecule has 0 fully saturated rings. The van der Waals surface area contributed by atoms with Crippen LogP contribution in [0, 0.1) is 5.82 Å². The zero-order chi connectivity index (χ0) is 13.0. The summed E-state index contributed by atoms with van der Waals surface area (Å²) in [6.45, 7) is 1.48. The van der Waals surface area contributed by atoms with Crippen LogP contribution in [0.1, 0.15) is 17.3 Å². The smallest absolute Gasteiger partial charge is 0.328 e. The topological polar surface area (TPSA) is 55.4 Å².